The lowest BCUT2D eigenvalue weighted by molar-refractivity contribution is -0.124. The molecule has 0 saturated carbocycles. The number of nitrogens with zero attached hydrogens (tertiary/aromatic N) is 6. The molecule has 0 saturated heterocycles. The molecule has 0 aromatic carbocycles. The second-order valence-corrected chi connectivity index (χ2v) is 5.47. The van der Waals surface area contributed by atoms with Crippen LogP contribution < -0.4 is 5.32 Å². The SMILES string of the molecule is Cc1nn(C)c2cn(C(C)C(=O)NCc3cnn(C)c3)nc12. The minimum atomic E-state index is -0.386. The predicted octanol–water partition coefficient (Wildman–Crippen LogP) is 0.689. The van der Waals surface area contributed by atoms with Crippen LogP contribution in [0.4, 0.5) is 0 Å². The summed E-state index contributed by atoms with van der Waals surface area (Å²) >= 11 is 0. The van der Waals surface area contributed by atoms with E-state index >= 15 is 0 Å². The fourth-order valence-electron chi connectivity index (χ4n) is 2.42. The van der Waals surface area contributed by atoms with Gasteiger partial charge in [-0.25, -0.2) is 0 Å². The van der Waals surface area contributed by atoms with Gasteiger partial charge in [0.1, 0.15) is 17.1 Å². The van der Waals surface area contributed by atoms with Crippen LogP contribution in [0.3, 0.4) is 0 Å². The molecule has 8 heteroatoms. The quantitative estimate of drug-likeness (QED) is 0.768. The van der Waals surface area contributed by atoms with E-state index in [1.807, 2.05) is 40.3 Å². The van der Waals surface area contributed by atoms with Crippen molar-refractivity contribution in [3.63, 3.8) is 0 Å². The molecular formula is C14H19N7O. The van der Waals surface area contributed by atoms with Crippen LogP contribution in [0.1, 0.15) is 24.2 Å². The third-order valence-corrected chi connectivity index (χ3v) is 3.71. The number of carbonyl (C=O) groups is 1. The smallest absolute Gasteiger partial charge is 0.244 e. The molecule has 1 N–H and O–H groups in total. The van der Waals surface area contributed by atoms with Gasteiger partial charge in [0.2, 0.25) is 5.91 Å². The zero-order valence-electron chi connectivity index (χ0n) is 13.1. The summed E-state index contributed by atoms with van der Waals surface area (Å²) in [6.45, 7) is 4.19. The summed E-state index contributed by atoms with van der Waals surface area (Å²) in [6.07, 6.45) is 5.47. The van der Waals surface area contributed by atoms with E-state index in [9.17, 15) is 4.79 Å². The minimum Gasteiger partial charge on any atom is -0.350 e. The van der Waals surface area contributed by atoms with Crippen molar-refractivity contribution in [1.82, 2.24) is 34.7 Å². The summed E-state index contributed by atoms with van der Waals surface area (Å²) in [5.41, 5.74) is 3.58. The second-order valence-electron chi connectivity index (χ2n) is 5.47. The molecule has 3 rings (SSSR count). The van der Waals surface area contributed by atoms with E-state index in [4.69, 9.17) is 0 Å². The molecule has 1 unspecified atom stereocenters. The molecule has 1 amide bonds. The van der Waals surface area contributed by atoms with Gasteiger partial charge in [-0.2, -0.15) is 15.3 Å². The zero-order valence-corrected chi connectivity index (χ0v) is 13.1. The molecule has 3 aromatic heterocycles. The average molecular weight is 301 g/mol. The van der Waals surface area contributed by atoms with E-state index in [0.29, 0.717) is 6.54 Å². The van der Waals surface area contributed by atoms with Crippen LogP contribution in [0.15, 0.2) is 18.6 Å². The van der Waals surface area contributed by atoms with Crippen LogP contribution in [0, 0.1) is 6.92 Å². The highest BCUT2D eigenvalue weighted by Crippen LogP contribution is 2.17. The number of rotatable bonds is 4. The number of amides is 1. The molecule has 8 nitrogen and oxygen atoms in total. The lowest BCUT2D eigenvalue weighted by Crippen LogP contribution is -2.30. The first kappa shape index (κ1) is 14.3. The Morgan fingerprint density at radius 2 is 2.09 bits per heavy atom. The number of fused-ring (bicyclic) bond motifs is 1. The third kappa shape index (κ3) is 2.47. The monoisotopic (exact) mass is 301 g/mol. The van der Waals surface area contributed by atoms with E-state index in [1.54, 1.807) is 20.2 Å². The molecule has 116 valence electrons. The van der Waals surface area contributed by atoms with Crippen molar-refractivity contribution in [2.45, 2.75) is 26.4 Å². The normalized spacial score (nSPS) is 12.7. The molecule has 0 aliphatic heterocycles. The molecule has 0 aliphatic carbocycles. The lowest BCUT2D eigenvalue weighted by atomic mass is 10.3. The van der Waals surface area contributed by atoms with Gasteiger partial charge in [-0.3, -0.25) is 18.8 Å². The van der Waals surface area contributed by atoms with Crippen LogP contribution in [-0.4, -0.2) is 35.2 Å². The Kier molecular flexibility index (Phi) is 3.44. The van der Waals surface area contributed by atoms with Crippen LogP contribution in [0.5, 0.6) is 0 Å². The average Bonchev–Trinajstić information content (AvgIpc) is 3.15. The summed E-state index contributed by atoms with van der Waals surface area (Å²) in [5.74, 6) is -0.0812. The van der Waals surface area contributed by atoms with E-state index in [0.717, 1.165) is 22.3 Å². The van der Waals surface area contributed by atoms with Gasteiger partial charge in [0.15, 0.2) is 0 Å². The standard InChI is InChI=1S/C14H19N7O/c1-9-13-12(20(4)17-9)8-21(18-13)10(2)14(22)15-5-11-6-16-19(3)7-11/h6-8,10H,5H2,1-4H3,(H,15,22). The predicted molar refractivity (Wildman–Crippen MR) is 81.0 cm³/mol. The molecule has 0 fully saturated rings. The number of hydrogen-bond acceptors (Lipinski definition) is 4. The zero-order chi connectivity index (χ0) is 15.9. The van der Waals surface area contributed by atoms with Gasteiger partial charge in [0, 0.05) is 32.4 Å². The topological polar surface area (TPSA) is 82.6 Å². The van der Waals surface area contributed by atoms with Crippen molar-refractivity contribution < 1.29 is 4.79 Å². The lowest BCUT2D eigenvalue weighted by Gasteiger charge is -2.12. The first-order valence-corrected chi connectivity index (χ1v) is 7.09. The van der Waals surface area contributed by atoms with Crippen LogP contribution >= 0.6 is 0 Å². The van der Waals surface area contributed by atoms with Gasteiger partial charge in [0.05, 0.1) is 18.1 Å². The van der Waals surface area contributed by atoms with E-state index < -0.39 is 0 Å². The number of aromatic nitrogens is 6. The summed E-state index contributed by atoms with van der Waals surface area (Å²) in [7, 11) is 3.72. The summed E-state index contributed by atoms with van der Waals surface area (Å²) in [5, 5.41) is 15.8. The van der Waals surface area contributed by atoms with Crippen molar-refractivity contribution in [3.05, 3.63) is 29.8 Å². The number of nitrogens with one attached hydrogen (secondary N) is 1. The molecule has 3 aromatic rings. The molecule has 3 heterocycles. The fourth-order valence-corrected chi connectivity index (χ4v) is 2.42. The Labute approximate surface area is 127 Å². The Balaban J connectivity index is 1.72. The minimum absolute atomic E-state index is 0.0812. The first-order chi connectivity index (χ1) is 10.5. The van der Waals surface area contributed by atoms with Gasteiger partial charge in [-0.05, 0) is 13.8 Å². The molecule has 0 radical (unpaired) electrons. The summed E-state index contributed by atoms with van der Waals surface area (Å²) in [6, 6.07) is -0.386. The summed E-state index contributed by atoms with van der Waals surface area (Å²) < 4.78 is 5.16. The Hall–Kier alpha value is -2.64. The van der Waals surface area contributed by atoms with Crippen LogP contribution in [0.2, 0.25) is 0 Å². The van der Waals surface area contributed by atoms with Crippen molar-refractivity contribution in [2.24, 2.45) is 14.1 Å². The van der Waals surface area contributed by atoms with Gasteiger partial charge >= 0.3 is 0 Å². The first-order valence-electron chi connectivity index (χ1n) is 7.09. The number of aryl methyl sites for hydroxylation is 3. The maximum Gasteiger partial charge on any atom is 0.244 e. The van der Waals surface area contributed by atoms with Crippen molar-refractivity contribution in [2.75, 3.05) is 0 Å². The molecule has 22 heavy (non-hydrogen) atoms. The number of hydrogen-bond donors (Lipinski definition) is 1. The number of carbonyl (C=O) groups excluding carboxylic acids is 1. The molecule has 0 aliphatic rings. The van der Waals surface area contributed by atoms with Gasteiger partial charge in [-0.1, -0.05) is 0 Å². The van der Waals surface area contributed by atoms with Gasteiger partial charge < -0.3 is 5.32 Å². The van der Waals surface area contributed by atoms with Gasteiger partial charge in [-0.15, -0.1) is 0 Å². The maximum atomic E-state index is 12.3. The highest BCUT2D eigenvalue weighted by atomic mass is 16.2. The second kappa shape index (κ2) is 5.28. The Bertz CT molecular complexity index is 791. The van der Waals surface area contributed by atoms with Crippen molar-refractivity contribution in [3.8, 4) is 0 Å². The van der Waals surface area contributed by atoms with Crippen molar-refractivity contribution >= 4 is 16.9 Å². The van der Waals surface area contributed by atoms with Crippen LogP contribution in [0.25, 0.3) is 11.0 Å². The highest BCUT2D eigenvalue weighted by molar-refractivity contribution is 5.81. The fraction of sp³-hybridized carbons (Fsp3) is 0.429. The molecule has 0 bridgehead atoms. The summed E-state index contributed by atoms with van der Waals surface area (Å²) in [4.78, 5) is 12.3. The largest absolute Gasteiger partial charge is 0.350 e. The third-order valence-electron chi connectivity index (χ3n) is 3.71. The molecular weight excluding hydrogens is 282 g/mol. The maximum absolute atomic E-state index is 12.3. The highest BCUT2D eigenvalue weighted by Gasteiger charge is 2.18. The van der Waals surface area contributed by atoms with E-state index in [-0.39, 0.29) is 11.9 Å². The van der Waals surface area contributed by atoms with E-state index in [2.05, 4.69) is 20.6 Å². The van der Waals surface area contributed by atoms with Crippen LogP contribution in [-0.2, 0) is 25.4 Å². The Morgan fingerprint density at radius 3 is 2.73 bits per heavy atom. The molecule has 0 spiro atoms. The van der Waals surface area contributed by atoms with Crippen molar-refractivity contribution in [1.29, 1.82) is 0 Å². The molecule has 1 atom stereocenters. The van der Waals surface area contributed by atoms with Gasteiger partial charge in [0.25, 0.3) is 0 Å². The van der Waals surface area contributed by atoms with E-state index in [1.165, 1.54) is 0 Å². The Morgan fingerprint density at radius 1 is 1.32 bits per heavy atom.